The summed E-state index contributed by atoms with van der Waals surface area (Å²) in [4.78, 5) is 45.6. The van der Waals surface area contributed by atoms with Crippen molar-refractivity contribution in [1.82, 2.24) is 0 Å². The van der Waals surface area contributed by atoms with Gasteiger partial charge in [-0.3, -0.25) is 27.5 Å². The lowest BCUT2D eigenvalue weighted by atomic mass is 10.0. The van der Waals surface area contributed by atoms with Crippen molar-refractivity contribution < 1.29 is 63.3 Å². The van der Waals surface area contributed by atoms with E-state index in [1.54, 1.807) is 0 Å². The molecule has 0 aromatic rings. The van der Waals surface area contributed by atoms with Crippen LogP contribution in [-0.4, -0.2) is 90.9 Å². The van der Waals surface area contributed by atoms with E-state index in [0.717, 1.165) is 27.7 Å². The molecule has 0 aliphatic heterocycles. The molecular weight excluding hydrogens is 480 g/mol. The molecule has 0 aliphatic carbocycles. The van der Waals surface area contributed by atoms with Crippen LogP contribution < -0.4 is 0 Å². The Bertz CT molecular complexity index is 818. The predicted molar refractivity (Wildman–Crippen MR) is 104 cm³/mol. The quantitative estimate of drug-likeness (QED) is 0.162. The largest absolute Gasteiger partial charge is 0.462 e. The van der Waals surface area contributed by atoms with Crippen molar-refractivity contribution in [2.75, 3.05) is 25.7 Å². The van der Waals surface area contributed by atoms with Crippen molar-refractivity contribution >= 4 is 44.1 Å². The first-order valence-electron chi connectivity index (χ1n) is 8.79. The predicted octanol–water partition coefficient (Wildman–Crippen LogP) is -1.33. The van der Waals surface area contributed by atoms with E-state index in [-0.39, 0.29) is 0 Å². The van der Waals surface area contributed by atoms with E-state index >= 15 is 0 Å². The third kappa shape index (κ3) is 13.9. The zero-order chi connectivity index (χ0) is 25.3. The van der Waals surface area contributed by atoms with Crippen LogP contribution in [0, 0.1) is 0 Å². The van der Waals surface area contributed by atoms with E-state index in [1.165, 1.54) is 0 Å². The Kier molecular flexibility index (Phi) is 11.8. The first-order valence-corrected chi connectivity index (χ1v) is 12.4. The average molecular weight is 507 g/mol. The Labute approximate surface area is 185 Å². The summed E-state index contributed by atoms with van der Waals surface area (Å²) in [6.45, 7) is 2.33. The lowest BCUT2D eigenvalue weighted by molar-refractivity contribution is -0.179. The number of rotatable bonds is 13. The molecule has 0 saturated carbocycles. The van der Waals surface area contributed by atoms with Gasteiger partial charge in [0.25, 0.3) is 20.2 Å². The molecule has 186 valence electrons. The summed E-state index contributed by atoms with van der Waals surface area (Å²) in [5.74, 6) is -3.66. The van der Waals surface area contributed by atoms with Crippen LogP contribution >= 0.6 is 0 Å². The molecule has 0 spiro atoms. The molecule has 0 heterocycles. The number of ether oxygens (including phenoxy) is 4. The second kappa shape index (κ2) is 12.7. The van der Waals surface area contributed by atoms with Crippen LogP contribution in [0.15, 0.2) is 0 Å². The molecule has 0 bridgehead atoms. The maximum absolute atomic E-state index is 11.9. The summed E-state index contributed by atoms with van der Waals surface area (Å²) < 4.78 is 76.7. The lowest BCUT2D eigenvalue weighted by Crippen LogP contribution is -2.54. The van der Waals surface area contributed by atoms with Crippen LogP contribution in [0.25, 0.3) is 0 Å². The first-order chi connectivity index (χ1) is 14.4. The van der Waals surface area contributed by atoms with Crippen molar-refractivity contribution in [3.63, 3.8) is 0 Å². The maximum Gasteiger partial charge on any atom is 0.303 e. The Morgan fingerprint density at radius 1 is 0.594 bits per heavy atom. The van der Waals surface area contributed by atoms with Gasteiger partial charge in [0, 0.05) is 27.7 Å². The molecule has 32 heavy (non-hydrogen) atoms. The molecule has 4 atom stereocenters. The topological polar surface area (TPSA) is 192 Å². The van der Waals surface area contributed by atoms with Crippen molar-refractivity contribution in [3.05, 3.63) is 0 Å². The standard InChI is InChI=1S/C16H26O14S2/c1-9(17)25-7-13(27-11(3)19)15(29-31(5,21)22)16(30-32(6,23)24)14(28-12(4)20)8-26-10(2)18/h13-16H,7-8H2,1-6H3/t13-,14+,15-,16+. The minimum Gasteiger partial charge on any atom is -0.462 e. The SMILES string of the molecule is CC(=O)OC[C@H](OC(C)=O)[C@H](OS(C)(=O)=O)[C@H](OS(C)(=O)=O)[C@@H](COC(C)=O)OC(C)=O. The van der Waals surface area contributed by atoms with Crippen LogP contribution in [0.5, 0.6) is 0 Å². The summed E-state index contributed by atoms with van der Waals surface area (Å²) >= 11 is 0. The number of esters is 4. The monoisotopic (exact) mass is 506 g/mol. The molecular formula is C16H26O14S2. The Morgan fingerprint density at radius 3 is 1.06 bits per heavy atom. The van der Waals surface area contributed by atoms with Gasteiger partial charge in [0.2, 0.25) is 0 Å². The average Bonchev–Trinajstić information content (AvgIpc) is 2.56. The fourth-order valence-electron chi connectivity index (χ4n) is 2.28. The Balaban J connectivity index is 6.59. The van der Waals surface area contributed by atoms with Gasteiger partial charge >= 0.3 is 23.9 Å². The minimum atomic E-state index is -4.39. The fourth-order valence-corrected chi connectivity index (χ4v) is 3.55. The first kappa shape index (κ1) is 29.7. The highest BCUT2D eigenvalue weighted by molar-refractivity contribution is 7.86. The lowest BCUT2D eigenvalue weighted by Gasteiger charge is -2.34. The molecule has 0 fully saturated rings. The Hall–Kier alpha value is -2.30. The van der Waals surface area contributed by atoms with Gasteiger partial charge < -0.3 is 18.9 Å². The van der Waals surface area contributed by atoms with Gasteiger partial charge in [-0.1, -0.05) is 0 Å². The number of carbonyl (C=O) groups is 4. The summed E-state index contributed by atoms with van der Waals surface area (Å²) in [7, 11) is -8.78. The van der Waals surface area contributed by atoms with Crippen molar-refractivity contribution in [2.24, 2.45) is 0 Å². The van der Waals surface area contributed by atoms with Gasteiger partial charge in [-0.2, -0.15) is 16.8 Å². The third-order valence-corrected chi connectivity index (χ3v) is 4.31. The summed E-state index contributed by atoms with van der Waals surface area (Å²) in [5, 5.41) is 0. The summed E-state index contributed by atoms with van der Waals surface area (Å²) in [5.41, 5.74) is 0. The van der Waals surface area contributed by atoms with E-state index in [0.29, 0.717) is 12.5 Å². The zero-order valence-corrected chi connectivity index (χ0v) is 19.9. The summed E-state index contributed by atoms with van der Waals surface area (Å²) in [6, 6.07) is 0. The molecule has 0 amide bonds. The van der Waals surface area contributed by atoms with Crippen molar-refractivity contribution in [2.45, 2.75) is 52.1 Å². The highest BCUT2D eigenvalue weighted by Gasteiger charge is 2.45. The number of hydrogen-bond acceptors (Lipinski definition) is 14. The zero-order valence-electron chi connectivity index (χ0n) is 18.3. The van der Waals surface area contributed by atoms with Crippen LogP contribution in [0.4, 0.5) is 0 Å². The van der Waals surface area contributed by atoms with Gasteiger partial charge in [0.05, 0.1) is 12.5 Å². The molecule has 0 aromatic carbocycles. The maximum atomic E-state index is 11.9. The van der Waals surface area contributed by atoms with Crippen LogP contribution in [0.1, 0.15) is 27.7 Å². The molecule has 0 unspecified atom stereocenters. The fraction of sp³-hybridized carbons (Fsp3) is 0.750. The highest BCUT2D eigenvalue weighted by atomic mass is 32.2. The van der Waals surface area contributed by atoms with Crippen LogP contribution in [0.3, 0.4) is 0 Å². The van der Waals surface area contributed by atoms with E-state index < -0.39 is 81.7 Å². The van der Waals surface area contributed by atoms with Gasteiger partial charge in [0.15, 0.2) is 12.2 Å². The van der Waals surface area contributed by atoms with Gasteiger partial charge in [-0.05, 0) is 0 Å². The minimum absolute atomic E-state index is 0.598. The molecule has 0 N–H and O–H groups in total. The smallest absolute Gasteiger partial charge is 0.303 e. The highest BCUT2D eigenvalue weighted by Crippen LogP contribution is 2.23. The van der Waals surface area contributed by atoms with Gasteiger partial charge in [-0.15, -0.1) is 0 Å². The Morgan fingerprint density at radius 2 is 0.875 bits per heavy atom. The van der Waals surface area contributed by atoms with Crippen LogP contribution in [-0.2, 0) is 66.7 Å². The van der Waals surface area contributed by atoms with Gasteiger partial charge in [-0.25, -0.2) is 0 Å². The third-order valence-electron chi connectivity index (χ3n) is 3.16. The van der Waals surface area contributed by atoms with E-state index in [4.69, 9.17) is 27.3 Å². The van der Waals surface area contributed by atoms with Crippen molar-refractivity contribution in [1.29, 1.82) is 0 Å². The molecule has 0 aromatic heterocycles. The second-order valence-electron chi connectivity index (χ2n) is 6.43. The normalized spacial score (nSPS) is 15.6. The van der Waals surface area contributed by atoms with Crippen LogP contribution in [0.2, 0.25) is 0 Å². The van der Waals surface area contributed by atoms with E-state index in [9.17, 15) is 36.0 Å². The van der Waals surface area contributed by atoms with E-state index in [2.05, 4.69) is 0 Å². The molecule has 0 rings (SSSR count). The summed E-state index contributed by atoms with van der Waals surface area (Å²) in [6.07, 6.45) is -6.34. The molecule has 0 aliphatic rings. The molecule has 14 nitrogen and oxygen atoms in total. The van der Waals surface area contributed by atoms with Gasteiger partial charge in [0.1, 0.15) is 25.4 Å². The number of carbonyl (C=O) groups excluding carboxylic acids is 4. The van der Waals surface area contributed by atoms with Crippen molar-refractivity contribution in [3.8, 4) is 0 Å². The van der Waals surface area contributed by atoms with E-state index in [1.807, 2.05) is 0 Å². The number of hydrogen-bond donors (Lipinski definition) is 0. The molecule has 16 heteroatoms. The molecule has 0 saturated heterocycles. The molecule has 0 radical (unpaired) electrons. The second-order valence-corrected chi connectivity index (χ2v) is 9.63.